The number of imidazole rings is 1. The van der Waals surface area contributed by atoms with Gasteiger partial charge >= 0.3 is 0 Å². The van der Waals surface area contributed by atoms with Crippen molar-refractivity contribution in [2.75, 3.05) is 19.5 Å². The predicted molar refractivity (Wildman–Crippen MR) is 138 cm³/mol. The number of aromatic nitrogens is 4. The summed E-state index contributed by atoms with van der Waals surface area (Å²) in [5, 5.41) is 7.66. The summed E-state index contributed by atoms with van der Waals surface area (Å²) in [4.78, 5) is 17.6. The molecule has 0 fully saturated rings. The zero-order valence-electron chi connectivity index (χ0n) is 20.0. The Kier molecular flexibility index (Phi) is 6.48. The first-order valence-corrected chi connectivity index (χ1v) is 11.4. The zero-order valence-corrected chi connectivity index (χ0v) is 20.0. The normalized spacial score (nSPS) is 10.7. The van der Waals surface area contributed by atoms with Crippen LogP contribution in [0.4, 0.5) is 5.69 Å². The SMILES string of the molecule is COc1ccc(-c2cn(-c3ccccc3)nc2C(=O)Nc2cccc(Cn3ccnc3)c2)cc1OC. The number of anilines is 1. The summed E-state index contributed by atoms with van der Waals surface area (Å²) in [7, 11) is 3.17. The number of benzene rings is 3. The Labute approximate surface area is 208 Å². The number of ether oxygens (including phenoxy) is 2. The van der Waals surface area contributed by atoms with Crippen molar-refractivity contribution < 1.29 is 14.3 Å². The monoisotopic (exact) mass is 479 g/mol. The van der Waals surface area contributed by atoms with Gasteiger partial charge in [-0.3, -0.25) is 4.79 Å². The van der Waals surface area contributed by atoms with Crippen molar-refractivity contribution in [2.24, 2.45) is 0 Å². The fourth-order valence-electron chi connectivity index (χ4n) is 4.00. The van der Waals surface area contributed by atoms with Gasteiger partial charge in [0, 0.05) is 36.4 Å². The van der Waals surface area contributed by atoms with Crippen LogP contribution in [0, 0.1) is 0 Å². The molecule has 1 N–H and O–H groups in total. The summed E-state index contributed by atoms with van der Waals surface area (Å²) >= 11 is 0. The molecule has 2 aromatic heterocycles. The third-order valence-electron chi connectivity index (χ3n) is 5.75. The van der Waals surface area contributed by atoms with E-state index in [0.29, 0.717) is 35.0 Å². The summed E-state index contributed by atoms with van der Waals surface area (Å²) in [6.07, 6.45) is 7.25. The molecule has 8 nitrogen and oxygen atoms in total. The second-order valence-corrected chi connectivity index (χ2v) is 8.13. The second-order valence-electron chi connectivity index (χ2n) is 8.13. The molecule has 0 radical (unpaired) electrons. The Morgan fingerprint density at radius 3 is 2.53 bits per heavy atom. The van der Waals surface area contributed by atoms with Crippen LogP contribution in [0.5, 0.6) is 11.5 Å². The molecule has 0 spiro atoms. The summed E-state index contributed by atoms with van der Waals surface area (Å²) < 4.78 is 14.5. The van der Waals surface area contributed by atoms with E-state index in [2.05, 4.69) is 15.4 Å². The minimum atomic E-state index is -0.311. The van der Waals surface area contributed by atoms with Gasteiger partial charge in [0.25, 0.3) is 5.91 Å². The Balaban J connectivity index is 1.50. The molecule has 0 atom stereocenters. The van der Waals surface area contributed by atoms with Crippen molar-refractivity contribution in [3.05, 3.63) is 109 Å². The third-order valence-corrected chi connectivity index (χ3v) is 5.75. The van der Waals surface area contributed by atoms with Gasteiger partial charge < -0.3 is 19.4 Å². The van der Waals surface area contributed by atoms with Crippen molar-refractivity contribution in [3.63, 3.8) is 0 Å². The van der Waals surface area contributed by atoms with Crippen LogP contribution in [-0.4, -0.2) is 39.5 Å². The van der Waals surface area contributed by atoms with E-state index in [-0.39, 0.29) is 5.91 Å². The largest absolute Gasteiger partial charge is 0.493 e. The van der Waals surface area contributed by atoms with Crippen LogP contribution in [0.1, 0.15) is 16.1 Å². The highest BCUT2D eigenvalue weighted by atomic mass is 16.5. The van der Waals surface area contributed by atoms with Gasteiger partial charge in [-0.1, -0.05) is 36.4 Å². The molecule has 2 heterocycles. The molecule has 0 aliphatic rings. The highest BCUT2D eigenvalue weighted by Crippen LogP contribution is 2.34. The average molecular weight is 480 g/mol. The van der Waals surface area contributed by atoms with Gasteiger partial charge in [-0.15, -0.1) is 0 Å². The lowest BCUT2D eigenvalue weighted by Crippen LogP contribution is -2.14. The van der Waals surface area contributed by atoms with Crippen LogP contribution in [0.25, 0.3) is 16.8 Å². The molecule has 3 aromatic carbocycles. The highest BCUT2D eigenvalue weighted by Gasteiger charge is 2.20. The molecule has 0 aliphatic heterocycles. The minimum Gasteiger partial charge on any atom is -0.493 e. The van der Waals surface area contributed by atoms with E-state index >= 15 is 0 Å². The van der Waals surface area contributed by atoms with Gasteiger partial charge in [-0.2, -0.15) is 5.10 Å². The number of hydrogen-bond acceptors (Lipinski definition) is 5. The van der Waals surface area contributed by atoms with Crippen LogP contribution < -0.4 is 14.8 Å². The topological polar surface area (TPSA) is 83.2 Å². The first-order valence-electron chi connectivity index (χ1n) is 11.4. The maximum Gasteiger partial charge on any atom is 0.276 e. The van der Waals surface area contributed by atoms with E-state index in [4.69, 9.17) is 9.47 Å². The fraction of sp³-hybridized carbons (Fsp3) is 0.107. The zero-order chi connectivity index (χ0) is 24.9. The smallest absolute Gasteiger partial charge is 0.276 e. The predicted octanol–water partition coefficient (Wildman–Crippen LogP) is 5.05. The molecule has 0 unspecified atom stereocenters. The highest BCUT2D eigenvalue weighted by molar-refractivity contribution is 6.07. The Hall–Kier alpha value is -4.85. The number of para-hydroxylation sites is 1. The lowest BCUT2D eigenvalue weighted by atomic mass is 10.1. The molecule has 5 aromatic rings. The van der Waals surface area contributed by atoms with Gasteiger partial charge in [0.15, 0.2) is 17.2 Å². The Morgan fingerprint density at radius 1 is 0.944 bits per heavy atom. The van der Waals surface area contributed by atoms with E-state index < -0.39 is 0 Å². The fourth-order valence-corrected chi connectivity index (χ4v) is 4.00. The van der Waals surface area contributed by atoms with Crippen LogP contribution in [0.15, 0.2) is 97.7 Å². The maximum atomic E-state index is 13.5. The molecular formula is C28H25N5O3. The van der Waals surface area contributed by atoms with E-state index in [1.165, 1.54) is 0 Å². The van der Waals surface area contributed by atoms with Gasteiger partial charge in [0.05, 0.1) is 26.2 Å². The molecule has 0 bridgehead atoms. The summed E-state index contributed by atoms with van der Waals surface area (Å²) in [5.74, 6) is 0.868. The van der Waals surface area contributed by atoms with Crippen LogP contribution >= 0.6 is 0 Å². The van der Waals surface area contributed by atoms with E-state index in [0.717, 1.165) is 16.8 Å². The molecule has 8 heteroatoms. The number of rotatable bonds is 8. The maximum absolute atomic E-state index is 13.5. The van der Waals surface area contributed by atoms with Crippen LogP contribution in [0.2, 0.25) is 0 Å². The van der Waals surface area contributed by atoms with E-state index in [9.17, 15) is 4.79 Å². The standard InChI is InChI=1S/C28H25N5O3/c1-35-25-12-11-21(16-26(25)36-2)24-18-33(23-9-4-3-5-10-23)31-27(24)28(34)30-22-8-6-7-20(15-22)17-32-14-13-29-19-32/h3-16,18-19H,17H2,1-2H3,(H,30,34). The summed E-state index contributed by atoms with van der Waals surface area (Å²) in [6, 6.07) is 22.9. The van der Waals surface area contributed by atoms with Crippen molar-refractivity contribution >= 4 is 11.6 Å². The molecule has 0 aliphatic carbocycles. The molecule has 36 heavy (non-hydrogen) atoms. The lowest BCUT2D eigenvalue weighted by molar-refractivity contribution is 0.102. The van der Waals surface area contributed by atoms with E-state index in [1.54, 1.807) is 31.4 Å². The van der Waals surface area contributed by atoms with Crippen molar-refractivity contribution in [1.82, 2.24) is 19.3 Å². The second kappa shape index (κ2) is 10.2. The number of carbonyl (C=O) groups excluding carboxylic acids is 1. The quantitative estimate of drug-likeness (QED) is 0.337. The first kappa shape index (κ1) is 22.9. The van der Waals surface area contributed by atoms with Crippen molar-refractivity contribution in [3.8, 4) is 28.3 Å². The van der Waals surface area contributed by atoms with Gasteiger partial charge in [-0.05, 0) is 47.5 Å². The molecule has 0 saturated carbocycles. The molecular weight excluding hydrogens is 454 g/mol. The van der Waals surface area contributed by atoms with Crippen molar-refractivity contribution in [1.29, 1.82) is 0 Å². The van der Waals surface area contributed by atoms with Crippen LogP contribution in [0.3, 0.4) is 0 Å². The lowest BCUT2D eigenvalue weighted by Gasteiger charge is -2.10. The molecule has 0 saturated heterocycles. The van der Waals surface area contributed by atoms with Gasteiger partial charge in [0.1, 0.15) is 0 Å². The Bertz CT molecular complexity index is 1480. The molecule has 1 amide bonds. The van der Waals surface area contributed by atoms with Crippen LogP contribution in [-0.2, 0) is 6.54 Å². The number of hydrogen-bond donors (Lipinski definition) is 1. The summed E-state index contributed by atoms with van der Waals surface area (Å²) in [6.45, 7) is 0.656. The number of methoxy groups -OCH3 is 2. The number of amides is 1. The number of carbonyl (C=O) groups is 1. The Morgan fingerprint density at radius 2 is 1.78 bits per heavy atom. The molecule has 5 rings (SSSR count). The number of nitrogens with zero attached hydrogens (tertiary/aromatic N) is 4. The van der Waals surface area contributed by atoms with Gasteiger partial charge in [-0.25, -0.2) is 9.67 Å². The minimum absolute atomic E-state index is 0.297. The number of nitrogens with one attached hydrogen (secondary N) is 1. The first-order chi connectivity index (χ1) is 17.6. The van der Waals surface area contributed by atoms with Crippen molar-refractivity contribution in [2.45, 2.75) is 6.54 Å². The van der Waals surface area contributed by atoms with E-state index in [1.807, 2.05) is 89.8 Å². The summed E-state index contributed by atoms with van der Waals surface area (Å²) in [5.41, 5.74) is 4.33. The van der Waals surface area contributed by atoms with Gasteiger partial charge in [0.2, 0.25) is 0 Å². The average Bonchev–Trinajstić information content (AvgIpc) is 3.59. The third kappa shape index (κ3) is 4.83. The molecule has 180 valence electrons.